The molecule has 2 aromatic rings. The molecule has 4 aliphatic rings. The molecule has 11 atom stereocenters. The third-order valence-electron chi connectivity index (χ3n) is 12.5. The number of aliphatic hydroxyl groups excluding tert-OH is 4. The maximum Gasteiger partial charge on any atom is 0.312 e. The van der Waals surface area contributed by atoms with E-state index in [2.05, 4.69) is 5.32 Å². The van der Waals surface area contributed by atoms with Gasteiger partial charge < -0.3 is 64.5 Å². The molecule has 17 nitrogen and oxygen atoms in total. The summed E-state index contributed by atoms with van der Waals surface area (Å²) >= 11 is 0. The number of aliphatic hydroxyl groups is 4. The van der Waals surface area contributed by atoms with Crippen LogP contribution in [0.15, 0.2) is 42.2 Å². The number of hydrogen-bond donors (Lipinski definition) is 7. The summed E-state index contributed by atoms with van der Waals surface area (Å²) in [4.78, 5) is 55.5. The lowest BCUT2D eigenvalue weighted by atomic mass is 9.78. The Bertz CT molecular complexity index is 2120. The van der Waals surface area contributed by atoms with Crippen molar-refractivity contribution in [2.75, 3.05) is 32.2 Å². The molecule has 62 heavy (non-hydrogen) atoms. The minimum absolute atomic E-state index is 0.0315. The number of ketones is 1. The number of rotatable bonds is 7. The fraction of sp³-hybridized carbons (Fsp3) is 0.556. The smallest absolute Gasteiger partial charge is 0.312 e. The van der Waals surface area contributed by atoms with E-state index in [1.807, 2.05) is 0 Å². The number of aromatic hydroxyl groups is 2. The molecule has 1 saturated heterocycles. The second kappa shape index (κ2) is 19.5. The van der Waals surface area contributed by atoms with Gasteiger partial charge in [-0.3, -0.25) is 19.2 Å². The van der Waals surface area contributed by atoms with Crippen LogP contribution in [0, 0.1) is 30.6 Å². The number of fused-ring (bicyclic) bond motifs is 14. The van der Waals surface area contributed by atoms with E-state index in [1.54, 1.807) is 39.8 Å². The summed E-state index contributed by atoms with van der Waals surface area (Å²) in [6.45, 7) is 11.0. The minimum atomic E-state index is -2.08. The first kappa shape index (κ1) is 47.8. The number of carbonyl (C=O) groups is 4. The van der Waals surface area contributed by atoms with Crippen molar-refractivity contribution in [3.63, 3.8) is 0 Å². The van der Waals surface area contributed by atoms with Gasteiger partial charge in [0.2, 0.25) is 0 Å². The molecule has 2 unspecified atom stereocenters. The quantitative estimate of drug-likeness (QED) is 0.155. The molecule has 0 aliphatic carbocycles. The molecule has 6 rings (SSSR count). The Morgan fingerprint density at radius 1 is 0.935 bits per heavy atom. The highest BCUT2D eigenvalue weighted by Gasteiger charge is 2.50. The van der Waals surface area contributed by atoms with Gasteiger partial charge in [0.15, 0.2) is 12.4 Å². The Morgan fingerprint density at radius 2 is 1.58 bits per heavy atom. The number of anilines is 1. The molecule has 5 bridgehead atoms. The highest BCUT2D eigenvalue weighted by atomic mass is 16.7. The Morgan fingerprint density at radius 3 is 2.18 bits per heavy atom. The topological polar surface area (TPSA) is 251 Å². The first-order valence-corrected chi connectivity index (χ1v) is 20.7. The van der Waals surface area contributed by atoms with Crippen LogP contribution in [-0.4, -0.2) is 128 Å². The number of ether oxygens (including phenoxy) is 5. The number of Topliss-reactive ketones (excluding diaryl/α,β-unsaturated/α-hetero) is 1. The number of benzene rings is 2. The summed E-state index contributed by atoms with van der Waals surface area (Å²) in [7, 11) is 1.42. The normalized spacial score (nSPS) is 32.7. The Balaban J connectivity index is 1.67. The Labute approximate surface area is 360 Å². The summed E-state index contributed by atoms with van der Waals surface area (Å²) in [5, 5.41) is 68.4. The summed E-state index contributed by atoms with van der Waals surface area (Å²) in [6.07, 6.45) is 4.27. The van der Waals surface area contributed by atoms with E-state index in [4.69, 9.17) is 23.7 Å². The van der Waals surface area contributed by atoms with Crippen molar-refractivity contribution < 1.29 is 73.5 Å². The van der Waals surface area contributed by atoms with Gasteiger partial charge in [0.1, 0.15) is 23.4 Å². The van der Waals surface area contributed by atoms with Crippen molar-refractivity contribution in [1.29, 1.82) is 0 Å². The van der Waals surface area contributed by atoms with Crippen LogP contribution >= 0.6 is 0 Å². The first-order valence-electron chi connectivity index (χ1n) is 20.7. The SMILES string of the molecule is CO[C@H]1/C=C/O[C@@]2(C)Oc3c(C)c(O)c4c(O)c(cc(OCC(=O)N5C(CO)CCC5CO)c4c3C2=O)NC(=O)/C(C)=C\C=C\[C@@H](C)[C@@H](O)[C@@H](C)[C@H](O)[C@@H](C)[C@H](OC(C)=O)[C@@H]1C. The maximum atomic E-state index is 14.6. The zero-order valence-corrected chi connectivity index (χ0v) is 36.6. The van der Waals surface area contributed by atoms with Gasteiger partial charge in [0.25, 0.3) is 17.6 Å². The molecule has 0 saturated carbocycles. The van der Waals surface area contributed by atoms with E-state index in [-0.39, 0.29) is 57.9 Å². The maximum absolute atomic E-state index is 14.6. The molecule has 4 aliphatic heterocycles. The Kier molecular flexibility index (Phi) is 15.0. The standard InChI is InChI=1S/C45H60N2O15/c1-21-11-10-12-22(2)44(57)46-30-17-32(59-20-33(51)47-28(18-48)13-14-29(47)19-49)34-35(40(30)55)39(54)26(6)42-36(34)43(56)45(8,62-42)60-16-15-31(58-9)23(3)41(61-27(7)50)25(5)38(53)24(4)37(21)52/h10-12,15-17,21,23-25,28-29,31,37-38,41,48-49,52-55H,13-14,18-20H2,1-9H3,(H,46,57)/b11-10+,16-15+,22-12-/t21-,23-,24-,25-,28?,29?,31+,37-,38+,41-,45+/m1/s1. The second-order valence-electron chi connectivity index (χ2n) is 16.7. The fourth-order valence-electron chi connectivity index (χ4n) is 8.69. The molecule has 340 valence electrons. The molecule has 4 heterocycles. The number of amides is 2. The van der Waals surface area contributed by atoms with Crippen molar-refractivity contribution in [2.24, 2.45) is 23.7 Å². The van der Waals surface area contributed by atoms with Crippen LogP contribution in [0.5, 0.6) is 23.0 Å². The van der Waals surface area contributed by atoms with Gasteiger partial charge in [-0.05, 0) is 32.8 Å². The third kappa shape index (κ3) is 9.27. The molecule has 7 N–H and O–H groups in total. The fourth-order valence-corrected chi connectivity index (χ4v) is 8.69. The number of nitrogens with zero attached hydrogens (tertiary/aromatic N) is 1. The molecular formula is C45H60N2O15. The second-order valence-corrected chi connectivity index (χ2v) is 16.7. The average molecular weight is 869 g/mol. The molecule has 17 heteroatoms. The van der Waals surface area contributed by atoms with Gasteiger partial charge in [0.05, 0.1) is 66.5 Å². The lowest BCUT2D eigenvalue weighted by molar-refractivity contribution is -0.160. The highest BCUT2D eigenvalue weighted by molar-refractivity contribution is 6.21. The Hall–Kier alpha value is -5.20. The summed E-state index contributed by atoms with van der Waals surface area (Å²) in [5.74, 6) is -8.78. The lowest BCUT2D eigenvalue weighted by Crippen LogP contribution is -2.46. The van der Waals surface area contributed by atoms with Gasteiger partial charge >= 0.3 is 11.8 Å². The summed E-state index contributed by atoms with van der Waals surface area (Å²) in [5.41, 5.74) is -0.224. The molecular weight excluding hydrogens is 808 g/mol. The zero-order valence-electron chi connectivity index (χ0n) is 36.6. The summed E-state index contributed by atoms with van der Waals surface area (Å²) in [6, 6.07) is 0.0586. The van der Waals surface area contributed by atoms with Gasteiger partial charge in [-0.1, -0.05) is 45.9 Å². The molecule has 1 fully saturated rings. The van der Waals surface area contributed by atoms with Gasteiger partial charge in [-0.25, -0.2) is 0 Å². The number of esters is 1. The minimum Gasteiger partial charge on any atom is -0.507 e. The number of allylic oxidation sites excluding steroid dienone is 2. The van der Waals surface area contributed by atoms with Crippen molar-refractivity contribution in [2.45, 2.75) is 111 Å². The molecule has 0 spiro atoms. The summed E-state index contributed by atoms with van der Waals surface area (Å²) < 4.78 is 29.7. The van der Waals surface area contributed by atoms with E-state index in [9.17, 15) is 49.8 Å². The predicted molar refractivity (Wildman–Crippen MR) is 225 cm³/mol. The largest absolute Gasteiger partial charge is 0.507 e. The van der Waals surface area contributed by atoms with Crippen LogP contribution in [-0.2, 0) is 28.6 Å². The number of methoxy groups -OCH3 is 1. The average Bonchev–Trinajstić information content (AvgIpc) is 3.79. The predicted octanol–water partition coefficient (Wildman–Crippen LogP) is 3.77. The van der Waals surface area contributed by atoms with Gasteiger partial charge in [0, 0.05) is 67.2 Å². The number of phenols is 2. The van der Waals surface area contributed by atoms with E-state index < -0.39 is 108 Å². The monoisotopic (exact) mass is 868 g/mol. The van der Waals surface area contributed by atoms with Crippen molar-refractivity contribution in [3.05, 3.63) is 53.3 Å². The molecule has 0 radical (unpaired) electrons. The van der Waals surface area contributed by atoms with Crippen LogP contribution in [0.1, 0.15) is 77.2 Å². The van der Waals surface area contributed by atoms with Crippen molar-refractivity contribution in [1.82, 2.24) is 4.90 Å². The van der Waals surface area contributed by atoms with Crippen LogP contribution in [0.2, 0.25) is 0 Å². The van der Waals surface area contributed by atoms with Crippen molar-refractivity contribution in [3.8, 4) is 23.0 Å². The highest BCUT2D eigenvalue weighted by Crippen LogP contribution is 2.54. The molecule has 2 amide bonds. The molecule has 2 aromatic carbocycles. The van der Waals surface area contributed by atoms with E-state index >= 15 is 0 Å². The third-order valence-corrected chi connectivity index (χ3v) is 12.5. The van der Waals surface area contributed by atoms with Crippen LogP contribution in [0.4, 0.5) is 5.69 Å². The molecule has 0 aromatic heterocycles. The van der Waals surface area contributed by atoms with Crippen molar-refractivity contribution >= 4 is 40.0 Å². The van der Waals surface area contributed by atoms with Gasteiger partial charge in [-0.15, -0.1) is 0 Å². The number of phenolic OH excluding ortho intramolecular Hbond substituents is 2. The van der Waals surface area contributed by atoms with Crippen LogP contribution in [0.25, 0.3) is 10.8 Å². The number of hydrogen-bond acceptors (Lipinski definition) is 15. The van der Waals surface area contributed by atoms with Crippen LogP contribution < -0.4 is 14.8 Å². The number of likely N-dealkylation sites (tertiary alicyclic amines) is 1. The van der Waals surface area contributed by atoms with Crippen LogP contribution in [0.3, 0.4) is 0 Å². The number of nitrogens with one attached hydrogen (secondary N) is 1. The lowest BCUT2D eigenvalue weighted by Gasteiger charge is -2.38. The van der Waals surface area contributed by atoms with Gasteiger partial charge in [-0.2, -0.15) is 0 Å². The van der Waals surface area contributed by atoms with E-state index in [1.165, 1.54) is 64.2 Å². The first-order chi connectivity index (χ1) is 29.2. The number of carbonyl (C=O) groups excluding carboxylic acids is 4. The van der Waals surface area contributed by atoms with E-state index in [0.717, 1.165) is 0 Å². The van der Waals surface area contributed by atoms with E-state index in [0.29, 0.717) is 12.8 Å². The zero-order chi connectivity index (χ0) is 46.0.